The summed E-state index contributed by atoms with van der Waals surface area (Å²) in [6.07, 6.45) is 5.18. The second-order valence-corrected chi connectivity index (χ2v) is 7.98. The summed E-state index contributed by atoms with van der Waals surface area (Å²) >= 11 is 1.68. The standard InChI is InChI=1S/C20H26N6S/c1-3-17(18-9-12-21-25(18)2)22-16-10-13-26(14-11-16)20-24-23-19(27-20)15-7-5-4-6-8-15/h4-9,12,16-17,22H,3,10-11,13-14H2,1-2H3. The summed E-state index contributed by atoms with van der Waals surface area (Å²) in [5.41, 5.74) is 2.40. The van der Waals surface area contributed by atoms with Gasteiger partial charge < -0.3 is 10.2 Å². The average Bonchev–Trinajstić information content (AvgIpc) is 3.37. The Bertz CT molecular complexity index is 850. The highest BCUT2D eigenvalue weighted by atomic mass is 32.1. The van der Waals surface area contributed by atoms with E-state index in [0.717, 1.165) is 48.1 Å². The van der Waals surface area contributed by atoms with Gasteiger partial charge in [0, 0.05) is 44.0 Å². The van der Waals surface area contributed by atoms with E-state index in [-0.39, 0.29) is 0 Å². The van der Waals surface area contributed by atoms with E-state index in [4.69, 9.17) is 0 Å². The molecule has 1 aliphatic heterocycles. The summed E-state index contributed by atoms with van der Waals surface area (Å²) < 4.78 is 1.97. The molecular formula is C20H26N6S. The average molecular weight is 383 g/mol. The molecular weight excluding hydrogens is 356 g/mol. The zero-order valence-electron chi connectivity index (χ0n) is 15.9. The van der Waals surface area contributed by atoms with Gasteiger partial charge in [-0.2, -0.15) is 5.10 Å². The molecule has 1 unspecified atom stereocenters. The van der Waals surface area contributed by atoms with Crippen molar-refractivity contribution in [1.29, 1.82) is 0 Å². The van der Waals surface area contributed by atoms with Crippen LogP contribution in [0.5, 0.6) is 0 Å². The van der Waals surface area contributed by atoms with Crippen molar-refractivity contribution in [2.24, 2.45) is 7.05 Å². The summed E-state index contributed by atoms with van der Waals surface area (Å²) in [7, 11) is 2.02. The third-order valence-corrected chi connectivity index (χ3v) is 6.29. The molecule has 142 valence electrons. The Labute approximate surface area is 164 Å². The van der Waals surface area contributed by atoms with Crippen molar-refractivity contribution in [1.82, 2.24) is 25.3 Å². The molecule has 0 saturated carbocycles. The van der Waals surface area contributed by atoms with Crippen molar-refractivity contribution in [3.63, 3.8) is 0 Å². The van der Waals surface area contributed by atoms with Gasteiger partial charge in [-0.25, -0.2) is 0 Å². The van der Waals surface area contributed by atoms with Crippen LogP contribution in [0.15, 0.2) is 42.6 Å². The van der Waals surface area contributed by atoms with Crippen LogP contribution in [-0.2, 0) is 7.05 Å². The number of nitrogens with one attached hydrogen (secondary N) is 1. The maximum absolute atomic E-state index is 4.43. The molecule has 3 heterocycles. The second kappa shape index (κ2) is 8.19. The SMILES string of the molecule is CCC(NC1CCN(c2nnc(-c3ccccc3)s2)CC1)c1ccnn1C. The molecule has 0 radical (unpaired) electrons. The Balaban J connectivity index is 1.35. The van der Waals surface area contributed by atoms with Crippen molar-refractivity contribution >= 4 is 16.5 Å². The fourth-order valence-corrected chi connectivity index (χ4v) is 4.60. The van der Waals surface area contributed by atoms with E-state index in [1.54, 1.807) is 11.3 Å². The minimum Gasteiger partial charge on any atom is -0.347 e. The normalized spacial score (nSPS) is 16.6. The highest BCUT2D eigenvalue weighted by molar-refractivity contribution is 7.18. The van der Waals surface area contributed by atoms with E-state index in [0.29, 0.717) is 12.1 Å². The number of anilines is 1. The molecule has 27 heavy (non-hydrogen) atoms. The van der Waals surface area contributed by atoms with Crippen LogP contribution in [0.1, 0.15) is 37.9 Å². The first-order valence-corrected chi connectivity index (χ1v) is 10.4. The summed E-state index contributed by atoms with van der Waals surface area (Å²) in [5.74, 6) is 0. The van der Waals surface area contributed by atoms with Gasteiger partial charge in [0.25, 0.3) is 0 Å². The molecule has 7 heteroatoms. The quantitative estimate of drug-likeness (QED) is 0.705. The molecule has 3 aromatic rings. The van der Waals surface area contributed by atoms with Gasteiger partial charge in [0.15, 0.2) is 0 Å². The lowest BCUT2D eigenvalue weighted by atomic mass is 10.0. The molecule has 1 aromatic carbocycles. The topological polar surface area (TPSA) is 58.9 Å². The van der Waals surface area contributed by atoms with Gasteiger partial charge in [-0.05, 0) is 25.3 Å². The van der Waals surface area contributed by atoms with E-state index < -0.39 is 0 Å². The van der Waals surface area contributed by atoms with Crippen LogP contribution in [-0.4, -0.2) is 39.1 Å². The molecule has 1 saturated heterocycles. The fraction of sp³-hybridized carbons (Fsp3) is 0.450. The highest BCUT2D eigenvalue weighted by Gasteiger charge is 2.24. The summed E-state index contributed by atoms with van der Waals surface area (Å²) in [6.45, 7) is 4.26. The lowest BCUT2D eigenvalue weighted by Gasteiger charge is -2.34. The van der Waals surface area contributed by atoms with Gasteiger partial charge >= 0.3 is 0 Å². The van der Waals surface area contributed by atoms with Crippen molar-refractivity contribution in [2.75, 3.05) is 18.0 Å². The molecule has 0 aliphatic carbocycles. The Kier molecular flexibility index (Phi) is 5.50. The maximum atomic E-state index is 4.43. The molecule has 6 nitrogen and oxygen atoms in total. The van der Waals surface area contributed by atoms with Crippen LogP contribution in [0.2, 0.25) is 0 Å². The second-order valence-electron chi connectivity index (χ2n) is 7.02. The molecule has 0 bridgehead atoms. The van der Waals surface area contributed by atoms with E-state index in [1.807, 2.05) is 36.1 Å². The van der Waals surface area contributed by atoms with Crippen LogP contribution in [0, 0.1) is 0 Å². The first-order valence-electron chi connectivity index (χ1n) is 9.62. The highest BCUT2D eigenvalue weighted by Crippen LogP contribution is 2.30. The molecule has 4 rings (SSSR count). The van der Waals surface area contributed by atoms with Crippen LogP contribution >= 0.6 is 11.3 Å². The van der Waals surface area contributed by atoms with Crippen molar-refractivity contribution in [3.8, 4) is 10.6 Å². The van der Waals surface area contributed by atoms with Gasteiger partial charge in [0.05, 0.1) is 5.69 Å². The largest absolute Gasteiger partial charge is 0.347 e. The lowest BCUT2D eigenvalue weighted by molar-refractivity contribution is 0.354. The monoisotopic (exact) mass is 382 g/mol. The Morgan fingerprint density at radius 3 is 2.59 bits per heavy atom. The van der Waals surface area contributed by atoms with Crippen molar-refractivity contribution in [3.05, 3.63) is 48.3 Å². The number of rotatable bonds is 6. The van der Waals surface area contributed by atoms with Gasteiger partial charge in [-0.3, -0.25) is 4.68 Å². The van der Waals surface area contributed by atoms with Crippen LogP contribution in [0.4, 0.5) is 5.13 Å². The zero-order valence-corrected chi connectivity index (χ0v) is 16.7. The van der Waals surface area contributed by atoms with Gasteiger partial charge in [0.1, 0.15) is 5.01 Å². The third-order valence-electron chi connectivity index (χ3n) is 5.26. The first kappa shape index (κ1) is 18.1. The molecule has 1 fully saturated rings. The number of aryl methyl sites for hydroxylation is 1. The third kappa shape index (κ3) is 4.04. The predicted octanol–water partition coefficient (Wildman–Crippen LogP) is 3.65. The molecule has 1 atom stereocenters. The molecule has 2 aromatic heterocycles. The molecule has 0 spiro atoms. The number of hydrogen-bond acceptors (Lipinski definition) is 6. The Morgan fingerprint density at radius 1 is 1.15 bits per heavy atom. The maximum Gasteiger partial charge on any atom is 0.208 e. The van der Waals surface area contributed by atoms with Crippen LogP contribution in [0.25, 0.3) is 10.6 Å². The number of aromatic nitrogens is 4. The summed E-state index contributed by atoms with van der Waals surface area (Å²) in [6, 6.07) is 13.3. The van der Waals surface area contributed by atoms with Crippen LogP contribution < -0.4 is 10.2 Å². The van der Waals surface area contributed by atoms with Crippen molar-refractivity contribution < 1.29 is 0 Å². The van der Waals surface area contributed by atoms with E-state index >= 15 is 0 Å². The van der Waals surface area contributed by atoms with E-state index in [1.165, 1.54) is 5.69 Å². The van der Waals surface area contributed by atoms with E-state index in [2.05, 4.69) is 50.6 Å². The smallest absolute Gasteiger partial charge is 0.208 e. The van der Waals surface area contributed by atoms with Crippen molar-refractivity contribution in [2.45, 2.75) is 38.3 Å². The van der Waals surface area contributed by atoms with Gasteiger partial charge in [-0.15, -0.1) is 10.2 Å². The molecule has 0 amide bonds. The lowest BCUT2D eigenvalue weighted by Crippen LogP contribution is -2.44. The Morgan fingerprint density at radius 2 is 1.93 bits per heavy atom. The Hall–Kier alpha value is -2.25. The predicted molar refractivity (Wildman–Crippen MR) is 110 cm³/mol. The number of piperidine rings is 1. The minimum atomic E-state index is 0.361. The number of benzene rings is 1. The van der Waals surface area contributed by atoms with Gasteiger partial charge in [0.2, 0.25) is 5.13 Å². The molecule has 1 N–H and O–H groups in total. The number of hydrogen-bond donors (Lipinski definition) is 1. The van der Waals surface area contributed by atoms with Gasteiger partial charge in [-0.1, -0.05) is 48.6 Å². The molecule has 1 aliphatic rings. The first-order chi connectivity index (χ1) is 13.2. The summed E-state index contributed by atoms with van der Waals surface area (Å²) in [5, 5.41) is 19.0. The fourth-order valence-electron chi connectivity index (χ4n) is 3.70. The zero-order chi connectivity index (χ0) is 18.6. The van der Waals surface area contributed by atoms with E-state index in [9.17, 15) is 0 Å². The number of nitrogens with zero attached hydrogens (tertiary/aromatic N) is 5. The summed E-state index contributed by atoms with van der Waals surface area (Å²) in [4.78, 5) is 2.37. The van der Waals surface area contributed by atoms with Crippen LogP contribution in [0.3, 0.4) is 0 Å². The minimum absolute atomic E-state index is 0.361.